The number of amides is 1. The fraction of sp³-hybridized carbons (Fsp3) is 0.300. The molecule has 2 N–H and O–H groups in total. The molecule has 26 heavy (non-hydrogen) atoms. The number of nitrogens with zero attached hydrogens (tertiary/aromatic N) is 1. The maximum absolute atomic E-state index is 12.6. The number of carbonyl (C=O) groups is 2. The molecule has 3 rings (SSSR count). The Morgan fingerprint density at radius 3 is 2.42 bits per heavy atom. The minimum absolute atomic E-state index is 0.184. The Morgan fingerprint density at radius 1 is 1.08 bits per heavy atom. The lowest BCUT2D eigenvalue weighted by Crippen LogP contribution is -2.42. The van der Waals surface area contributed by atoms with Gasteiger partial charge in [-0.2, -0.15) is 0 Å². The molecule has 1 fully saturated rings. The fourth-order valence-corrected chi connectivity index (χ4v) is 3.13. The summed E-state index contributed by atoms with van der Waals surface area (Å²) < 4.78 is 5.43. The van der Waals surface area contributed by atoms with Crippen LogP contribution in [0.25, 0.3) is 0 Å². The van der Waals surface area contributed by atoms with Gasteiger partial charge < -0.3 is 19.8 Å². The van der Waals surface area contributed by atoms with Crippen LogP contribution in [-0.2, 0) is 11.3 Å². The summed E-state index contributed by atoms with van der Waals surface area (Å²) >= 11 is 0. The van der Waals surface area contributed by atoms with Gasteiger partial charge in [-0.05, 0) is 36.1 Å². The smallest absolute Gasteiger partial charge is 0.410 e. The van der Waals surface area contributed by atoms with Gasteiger partial charge in [0.25, 0.3) is 0 Å². The molecule has 0 spiro atoms. The molecule has 1 saturated heterocycles. The third-order valence-corrected chi connectivity index (χ3v) is 4.56. The maximum atomic E-state index is 12.6. The molecule has 6 nitrogen and oxygen atoms in total. The molecule has 2 aromatic rings. The molecule has 1 heterocycles. The summed E-state index contributed by atoms with van der Waals surface area (Å²) in [6, 6.07) is 15.5. The van der Waals surface area contributed by atoms with Crippen molar-refractivity contribution in [2.45, 2.75) is 31.6 Å². The Morgan fingerprint density at radius 2 is 1.77 bits per heavy atom. The molecule has 0 saturated carbocycles. The summed E-state index contributed by atoms with van der Waals surface area (Å²) in [5, 5.41) is 19.0. The highest BCUT2D eigenvalue weighted by Gasteiger charge is 2.33. The van der Waals surface area contributed by atoms with Crippen LogP contribution < -0.4 is 0 Å². The number of rotatable bonds is 4. The molecule has 2 atom stereocenters. The van der Waals surface area contributed by atoms with Crippen molar-refractivity contribution in [3.63, 3.8) is 0 Å². The van der Waals surface area contributed by atoms with Crippen molar-refractivity contribution in [2.75, 3.05) is 6.54 Å². The van der Waals surface area contributed by atoms with Crippen molar-refractivity contribution in [1.29, 1.82) is 0 Å². The average Bonchev–Trinajstić information content (AvgIpc) is 2.67. The summed E-state index contributed by atoms with van der Waals surface area (Å²) in [6.45, 7) is 0.573. The van der Waals surface area contributed by atoms with Crippen molar-refractivity contribution in [3.8, 4) is 0 Å². The highest BCUT2D eigenvalue weighted by molar-refractivity contribution is 5.87. The Labute approximate surface area is 151 Å². The lowest BCUT2D eigenvalue weighted by Gasteiger charge is -2.37. The number of benzene rings is 2. The van der Waals surface area contributed by atoms with Crippen LogP contribution in [0.2, 0.25) is 0 Å². The van der Waals surface area contributed by atoms with Gasteiger partial charge in [0.15, 0.2) is 0 Å². The van der Waals surface area contributed by atoms with E-state index in [1.807, 2.05) is 30.3 Å². The fourth-order valence-electron chi connectivity index (χ4n) is 3.13. The van der Waals surface area contributed by atoms with Gasteiger partial charge in [-0.15, -0.1) is 0 Å². The third kappa shape index (κ3) is 4.21. The molecule has 0 aliphatic carbocycles. The Kier molecular flexibility index (Phi) is 5.53. The predicted molar refractivity (Wildman–Crippen MR) is 94.7 cm³/mol. The van der Waals surface area contributed by atoms with E-state index in [0.29, 0.717) is 19.4 Å². The van der Waals surface area contributed by atoms with Crippen LogP contribution >= 0.6 is 0 Å². The van der Waals surface area contributed by atoms with E-state index in [9.17, 15) is 14.7 Å². The van der Waals surface area contributed by atoms with Gasteiger partial charge in [-0.3, -0.25) is 0 Å². The maximum Gasteiger partial charge on any atom is 0.410 e. The molecule has 1 amide bonds. The summed E-state index contributed by atoms with van der Waals surface area (Å²) in [5.41, 5.74) is 1.87. The molecule has 0 bridgehead atoms. The van der Waals surface area contributed by atoms with Gasteiger partial charge >= 0.3 is 12.1 Å². The van der Waals surface area contributed by atoms with E-state index >= 15 is 0 Å². The van der Waals surface area contributed by atoms with Gasteiger partial charge in [0.1, 0.15) is 6.61 Å². The van der Waals surface area contributed by atoms with Crippen LogP contribution in [-0.4, -0.2) is 39.8 Å². The summed E-state index contributed by atoms with van der Waals surface area (Å²) in [4.78, 5) is 25.2. The molecule has 0 aromatic heterocycles. The Bertz CT molecular complexity index is 760. The lowest BCUT2D eigenvalue weighted by molar-refractivity contribution is 0.0259. The standard InChI is InChI=1S/C20H21NO5/c22-17-10-11-21(20(25)26-13-14-4-2-1-3-5-14)18(12-17)15-6-8-16(9-7-15)19(23)24/h1-9,17-18,22H,10-13H2,(H,23,24)/t17-,18-/m0/s1. The van der Waals surface area contributed by atoms with E-state index in [2.05, 4.69) is 0 Å². The zero-order valence-corrected chi connectivity index (χ0v) is 14.2. The van der Waals surface area contributed by atoms with Crippen LogP contribution in [0.4, 0.5) is 4.79 Å². The number of carbonyl (C=O) groups excluding carboxylic acids is 1. The summed E-state index contributed by atoms with van der Waals surface area (Å²) in [5.74, 6) is -1.00. The first kappa shape index (κ1) is 17.9. The Balaban J connectivity index is 1.73. The van der Waals surface area contributed by atoms with Crippen LogP contribution in [0.5, 0.6) is 0 Å². The molecule has 2 aromatic carbocycles. The van der Waals surface area contributed by atoms with E-state index in [1.165, 1.54) is 12.1 Å². The molecular formula is C20H21NO5. The van der Waals surface area contributed by atoms with Crippen molar-refractivity contribution in [1.82, 2.24) is 4.90 Å². The molecule has 1 aliphatic rings. The molecule has 136 valence electrons. The van der Waals surface area contributed by atoms with Gasteiger partial charge in [0, 0.05) is 6.54 Å². The van der Waals surface area contributed by atoms with E-state index in [-0.39, 0.29) is 18.2 Å². The second kappa shape index (κ2) is 8.01. The number of aliphatic hydroxyl groups is 1. The number of likely N-dealkylation sites (tertiary alicyclic amines) is 1. The number of hydrogen-bond donors (Lipinski definition) is 2. The van der Waals surface area contributed by atoms with Crippen LogP contribution in [0.3, 0.4) is 0 Å². The first-order valence-corrected chi connectivity index (χ1v) is 8.53. The minimum atomic E-state index is -1.00. The second-order valence-electron chi connectivity index (χ2n) is 6.35. The van der Waals surface area contributed by atoms with Gasteiger partial charge in [0.05, 0.1) is 17.7 Å². The number of hydrogen-bond acceptors (Lipinski definition) is 4. The van der Waals surface area contributed by atoms with Crippen molar-refractivity contribution < 1.29 is 24.5 Å². The van der Waals surface area contributed by atoms with Crippen molar-refractivity contribution >= 4 is 12.1 Å². The molecule has 0 radical (unpaired) electrons. The topological polar surface area (TPSA) is 87.1 Å². The number of carboxylic acids is 1. The highest BCUT2D eigenvalue weighted by atomic mass is 16.6. The SMILES string of the molecule is O=C(O)c1ccc([C@@H]2C[C@@H](O)CCN2C(=O)OCc2ccccc2)cc1. The number of ether oxygens (including phenoxy) is 1. The van der Waals surface area contributed by atoms with Crippen LogP contribution in [0.1, 0.15) is 40.4 Å². The highest BCUT2D eigenvalue weighted by Crippen LogP contribution is 2.32. The molecule has 6 heteroatoms. The first-order valence-electron chi connectivity index (χ1n) is 8.53. The first-order chi connectivity index (χ1) is 12.5. The molecule has 0 unspecified atom stereocenters. The van der Waals surface area contributed by atoms with Crippen LogP contribution in [0.15, 0.2) is 54.6 Å². The third-order valence-electron chi connectivity index (χ3n) is 4.56. The van der Waals surface area contributed by atoms with Gasteiger partial charge in [-0.25, -0.2) is 9.59 Å². The Hall–Kier alpha value is -2.86. The van der Waals surface area contributed by atoms with E-state index < -0.39 is 18.2 Å². The van der Waals surface area contributed by atoms with E-state index in [0.717, 1.165) is 11.1 Å². The molecular weight excluding hydrogens is 334 g/mol. The number of carboxylic acid groups (broad SMARTS) is 1. The quantitative estimate of drug-likeness (QED) is 0.879. The lowest BCUT2D eigenvalue weighted by atomic mass is 9.93. The van der Waals surface area contributed by atoms with E-state index in [4.69, 9.17) is 9.84 Å². The van der Waals surface area contributed by atoms with E-state index in [1.54, 1.807) is 17.0 Å². The zero-order valence-electron chi connectivity index (χ0n) is 14.2. The predicted octanol–water partition coefficient (Wildman–Crippen LogP) is 3.22. The largest absolute Gasteiger partial charge is 0.478 e. The monoisotopic (exact) mass is 355 g/mol. The van der Waals surface area contributed by atoms with Gasteiger partial charge in [0.2, 0.25) is 0 Å². The normalized spacial score (nSPS) is 19.8. The number of piperidine rings is 1. The average molecular weight is 355 g/mol. The number of aliphatic hydroxyl groups excluding tert-OH is 1. The summed E-state index contributed by atoms with van der Waals surface area (Å²) in [6.07, 6.45) is -0.0535. The van der Waals surface area contributed by atoms with Crippen molar-refractivity contribution in [3.05, 3.63) is 71.3 Å². The number of aromatic carboxylic acids is 1. The second-order valence-corrected chi connectivity index (χ2v) is 6.35. The minimum Gasteiger partial charge on any atom is -0.478 e. The van der Waals surface area contributed by atoms with Gasteiger partial charge in [-0.1, -0.05) is 42.5 Å². The van der Waals surface area contributed by atoms with Crippen LogP contribution in [0, 0.1) is 0 Å². The zero-order chi connectivity index (χ0) is 18.5. The van der Waals surface area contributed by atoms with Crippen molar-refractivity contribution in [2.24, 2.45) is 0 Å². The molecule has 1 aliphatic heterocycles. The summed E-state index contributed by atoms with van der Waals surface area (Å²) in [7, 11) is 0.